The van der Waals surface area contributed by atoms with Gasteiger partial charge in [0.1, 0.15) is 6.33 Å². The summed E-state index contributed by atoms with van der Waals surface area (Å²) in [7, 11) is 0. The third-order valence-corrected chi connectivity index (χ3v) is 3.88. The van der Waals surface area contributed by atoms with Gasteiger partial charge in [0.25, 0.3) is 5.91 Å². The van der Waals surface area contributed by atoms with Crippen molar-refractivity contribution < 1.29 is 4.79 Å². The Balaban J connectivity index is 1.63. The van der Waals surface area contributed by atoms with E-state index >= 15 is 0 Å². The summed E-state index contributed by atoms with van der Waals surface area (Å²) in [6.45, 7) is 1.94. The van der Waals surface area contributed by atoms with Crippen molar-refractivity contribution in [2.24, 2.45) is 0 Å². The summed E-state index contributed by atoms with van der Waals surface area (Å²) in [5, 5.41) is 15.1. The lowest BCUT2D eigenvalue weighted by atomic mass is 10.1. The largest absolute Gasteiger partial charge is 0.361 e. The summed E-state index contributed by atoms with van der Waals surface area (Å²) in [6.07, 6.45) is 3.37. The van der Waals surface area contributed by atoms with Crippen LogP contribution in [-0.2, 0) is 0 Å². The quantitative estimate of drug-likeness (QED) is 0.608. The van der Waals surface area contributed by atoms with Crippen LogP contribution < -0.4 is 5.32 Å². The number of amides is 1. The predicted molar refractivity (Wildman–Crippen MR) is 90.1 cm³/mol. The number of tetrazole rings is 1. The molecule has 0 radical (unpaired) electrons. The van der Waals surface area contributed by atoms with Crippen LogP contribution in [-0.4, -0.2) is 31.1 Å². The summed E-state index contributed by atoms with van der Waals surface area (Å²) >= 11 is 0. The molecule has 0 fully saturated rings. The summed E-state index contributed by atoms with van der Waals surface area (Å²) in [5.41, 5.74) is 4.07. The molecule has 0 atom stereocenters. The molecular formula is C17H14N6O. The van der Waals surface area contributed by atoms with Crippen LogP contribution in [0.25, 0.3) is 16.6 Å². The molecule has 0 bridgehead atoms. The summed E-state index contributed by atoms with van der Waals surface area (Å²) in [5.74, 6) is -0.181. The van der Waals surface area contributed by atoms with Crippen LogP contribution in [0.3, 0.4) is 0 Å². The Bertz CT molecular complexity index is 1020. The highest BCUT2D eigenvalue weighted by molar-refractivity contribution is 6.05. The molecule has 2 aromatic heterocycles. The number of hydrogen-bond donors (Lipinski definition) is 2. The molecule has 24 heavy (non-hydrogen) atoms. The van der Waals surface area contributed by atoms with Gasteiger partial charge in [-0.3, -0.25) is 4.79 Å². The number of anilines is 1. The van der Waals surface area contributed by atoms with Gasteiger partial charge in [0.2, 0.25) is 0 Å². The number of nitrogens with zero attached hydrogens (tertiary/aromatic N) is 4. The van der Waals surface area contributed by atoms with Gasteiger partial charge in [-0.15, -0.1) is 5.10 Å². The third-order valence-electron chi connectivity index (χ3n) is 3.88. The van der Waals surface area contributed by atoms with Gasteiger partial charge >= 0.3 is 0 Å². The Hall–Kier alpha value is -3.48. The molecule has 4 aromatic rings. The molecule has 0 aliphatic carbocycles. The van der Waals surface area contributed by atoms with Crippen LogP contribution in [0.5, 0.6) is 0 Å². The first-order valence-electron chi connectivity index (χ1n) is 7.43. The fourth-order valence-electron chi connectivity index (χ4n) is 2.60. The Labute approximate surface area is 137 Å². The molecule has 0 unspecified atom stereocenters. The van der Waals surface area contributed by atoms with Gasteiger partial charge in [0.05, 0.1) is 5.69 Å². The van der Waals surface area contributed by atoms with E-state index in [1.165, 1.54) is 11.0 Å². The molecule has 4 rings (SSSR count). The fraction of sp³-hybridized carbons (Fsp3) is 0.0588. The molecule has 0 aliphatic rings. The Kier molecular flexibility index (Phi) is 3.31. The third kappa shape index (κ3) is 2.52. The van der Waals surface area contributed by atoms with Gasteiger partial charge in [-0.25, -0.2) is 4.68 Å². The highest BCUT2D eigenvalue weighted by Crippen LogP contribution is 2.20. The number of hydrogen-bond acceptors (Lipinski definition) is 4. The highest BCUT2D eigenvalue weighted by Gasteiger charge is 2.11. The molecule has 0 saturated carbocycles. The summed E-state index contributed by atoms with van der Waals surface area (Å²) in [4.78, 5) is 15.7. The van der Waals surface area contributed by atoms with Crippen LogP contribution >= 0.6 is 0 Å². The first-order chi connectivity index (χ1) is 11.7. The van der Waals surface area contributed by atoms with Crippen LogP contribution in [0.1, 0.15) is 15.9 Å². The topological polar surface area (TPSA) is 88.5 Å². The highest BCUT2D eigenvalue weighted by atomic mass is 16.1. The van der Waals surface area contributed by atoms with E-state index < -0.39 is 0 Å². The van der Waals surface area contributed by atoms with Crippen molar-refractivity contribution in [1.82, 2.24) is 25.2 Å². The molecule has 7 nitrogen and oxygen atoms in total. The number of aromatic nitrogens is 5. The zero-order valence-corrected chi connectivity index (χ0v) is 12.9. The van der Waals surface area contributed by atoms with Crippen LogP contribution in [0.2, 0.25) is 0 Å². The van der Waals surface area contributed by atoms with E-state index in [2.05, 4.69) is 25.8 Å². The van der Waals surface area contributed by atoms with Gasteiger partial charge < -0.3 is 10.3 Å². The lowest BCUT2D eigenvalue weighted by Gasteiger charge is -2.09. The second-order valence-electron chi connectivity index (χ2n) is 5.49. The first kappa shape index (κ1) is 14.1. The van der Waals surface area contributed by atoms with Crippen molar-refractivity contribution in [3.05, 3.63) is 66.1 Å². The smallest absolute Gasteiger partial charge is 0.255 e. The monoisotopic (exact) mass is 318 g/mol. The molecule has 118 valence electrons. The van der Waals surface area contributed by atoms with Crippen molar-refractivity contribution in [3.63, 3.8) is 0 Å². The van der Waals surface area contributed by atoms with Crippen LogP contribution in [0.4, 0.5) is 5.69 Å². The molecule has 2 heterocycles. The lowest BCUT2D eigenvalue weighted by molar-refractivity contribution is 0.102. The minimum Gasteiger partial charge on any atom is -0.361 e. The molecule has 2 aromatic carbocycles. The lowest BCUT2D eigenvalue weighted by Crippen LogP contribution is -2.13. The second kappa shape index (κ2) is 5.62. The number of nitrogens with one attached hydrogen (secondary N) is 2. The van der Waals surface area contributed by atoms with E-state index in [0.717, 1.165) is 27.8 Å². The number of benzene rings is 2. The van der Waals surface area contributed by atoms with Crippen molar-refractivity contribution in [2.45, 2.75) is 6.92 Å². The van der Waals surface area contributed by atoms with Gasteiger partial charge in [-0.1, -0.05) is 6.07 Å². The number of carbonyl (C=O) groups excluding carboxylic acids is 1. The maximum Gasteiger partial charge on any atom is 0.255 e. The first-order valence-corrected chi connectivity index (χ1v) is 7.43. The molecule has 0 aliphatic heterocycles. The Morgan fingerprint density at radius 2 is 2.08 bits per heavy atom. The number of aryl methyl sites for hydroxylation is 1. The van der Waals surface area contributed by atoms with Crippen LogP contribution in [0, 0.1) is 6.92 Å². The SMILES string of the molecule is Cc1ccc(C(=O)Nc2ccc3[nH]ccc3c2)cc1-n1cnnn1. The predicted octanol–water partition coefficient (Wildman–Crippen LogP) is 2.70. The van der Waals surface area contributed by atoms with E-state index in [0.29, 0.717) is 5.56 Å². The van der Waals surface area contributed by atoms with E-state index in [1.807, 2.05) is 43.5 Å². The van der Waals surface area contributed by atoms with E-state index in [-0.39, 0.29) is 5.91 Å². The van der Waals surface area contributed by atoms with Crippen molar-refractivity contribution in [3.8, 4) is 5.69 Å². The van der Waals surface area contributed by atoms with E-state index in [4.69, 9.17) is 0 Å². The average molecular weight is 318 g/mol. The zero-order valence-electron chi connectivity index (χ0n) is 12.9. The Morgan fingerprint density at radius 3 is 2.92 bits per heavy atom. The van der Waals surface area contributed by atoms with Gasteiger partial charge in [0, 0.05) is 28.4 Å². The van der Waals surface area contributed by atoms with Crippen LogP contribution in [0.15, 0.2) is 55.0 Å². The van der Waals surface area contributed by atoms with E-state index in [1.54, 1.807) is 12.1 Å². The minimum absolute atomic E-state index is 0.181. The number of fused-ring (bicyclic) bond motifs is 1. The van der Waals surface area contributed by atoms with Gasteiger partial charge in [-0.2, -0.15) is 0 Å². The number of H-pyrrole nitrogens is 1. The minimum atomic E-state index is -0.181. The maximum atomic E-state index is 12.5. The average Bonchev–Trinajstić information content (AvgIpc) is 3.26. The Morgan fingerprint density at radius 1 is 1.17 bits per heavy atom. The number of carbonyl (C=O) groups is 1. The molecule has 7 heteroatoms. The maximum absolute atomic E-state index is 12.5. The van der Waals surface area contributed by atoms with Crippen molar-refractivity contribution in [1.29, 1.82) is 0 Å². The molecule has 1 amide bonds. The fourth-order valence-corrected chi connectivity index (χ4v) is 2.60. The van der Waals surface area contributed by atoms with Gasteiger partial charge in [0.15, 0.2) is 0 Å². The standard InChI is InChI=1S/C17H14N6O/c1-11-2-3-13(9-16(11)23-10-19-21-22-23)17(24)20-14-4-5-15-12(8-14)6-7-18-15/h2-10,18H,1H3,(H,20,24). The summed E-state index contributed by atoms with van der Waals surface area (Å²) < 4.78 is 1.54. The molecule has 0 spiro atoms. The van der Waals surface area contributed by atoms with Crippen molar-refractivity contribution >= 4 is 22.5 Å². The molecular weight excluding hydrogens is 304 g/mol. The van der Waals surface area contributed by atoms with E-state index in [9.17, 15) is 4.79 Å². The zero-order chi connectivity index (χ0) is 16.5. The summed E-state index contributed by atoms with van der Waals surface area (Å²) in [6, 6.07) is 13.1. The van der Waals surface area contributed by atoms with Crippen molar-refractivity contribution in [2.75, 3.05) is 5.32 Å². The molecule has 2 N–H and O–H groups in total. The van der Waals surface area contributed by atoms with Gasteiger partial charge in [-0.05, 0) is 59.3 Å². The number of aromatic amines is 1. The molecule has 0 saturated heterocycles. The second-order valence-corrected chi connectivity index (χ2v) is 5.49. The normalized spacial score (nSPS) is 10.9. The number of rotatable bonds is 3.